The molecule has 2 aliphatic carbocycles. The first-order valence-corrected chi connectivity index (χ1v) is 6.26. The van der Waals surface area contributed by atoms with Crippen LogP contribution in [0.3, 0.4) is 0 Å². The lowest BCUT2D eigenvalue weighted by molar-refractivity contribution is 0.276. The van der Waals surface area contributed by atoms with Gasteiger partial charge in [-0.2, -0.15) is 0 Å². The first-order chi connectivity index (χ1) is 6.80. The van der Waals surface area contributed by atoms with Gasteiger partial charge < -0.3 is 11.1 Å². The van der Waals surface area contributed by atoms with Crippen LogP contribution in [-0.4, -0.2) is 18.6 Å². The number of nitrogens with one attached hydrogen (secondary N) is 1. The highest BCUT2D eigenvalue weighted by Gasteiger charge is 2.42. The molecule has 2 saturated carbocycles. The molecule has 82 valence electrons. The summed E-state index contributed by atoms with van der Waals surface area (Å²) in [6, 6.07) is 0. The fourth-order valence-electron chi connectivity index (χ4n) is 2.51. The lowest BCUT2D eigenvalue weighted by Crippen LogP contribution is -2.53. The molecule has 2 fully saturated rings. The second-order valence-electron chi connectivity index (χ2n) is 5.15. The highest BCUT2D eigenvalue weighted by molar-refractivity contribution is 5.01. The van der Waals surface area contributed by atoms with Gasteiger partial charge in [0.2, 0.25) is 0 Å². The van der Waals surface area contributed by atoms with Gasteiger partial charge in [0.15, 0.2) is 0 Å². The largest absolute Gasteiger partial charge is 0.329 e. The van der Waals surface area contributed by atoms with Gasteiger partial charge in [-0.1, -0.05) is 19.8 Å². The summed E-state index contributed by atoms with van der Waals surface area (Å²) in [5, 5.41) is 3.74. The predicted molar refractivity (Wildman–Crippen MR) is 60.1 cm³/mol. The maximum absolute atomic E-state index is 5.93. The van der Waals surface area contributed by atoms with Crippen LogP contribution in [0.1, 0.15) is 45.4 Å². The van der Waals surface area contributed by atoms with Gasteiger partial charge in [-0.05, 0) is 44.1 Å². The van der Waals surface area contributed by atoms with E-state index in [1.54, 1.807) is 0 Å². The standard InChI is InChI=1S/C12H24N2/c1-2-12(9-13,11-5-6-11)14-8-7-10-3-4-10/h10-11,14H,2-9,13H2,1H3. The smallest absolute Gasteiger partial charge is 0.0329 e. The molecule has 0 aromatic carbocycles. The van der Waals surface area contributed by atoms with E-state index in [-0.39, 0.29) is 5.54 Å². The molecule has 2 rings (SSSR count). The van der Waals surface area contributed by atoms with Gasteiger partial charge in [0.25, 0.3) is 0 Å². The van der Waals surface area contributed by atoms with Gasteiger partial charge in [0.1, 0.15) is 0 Å². The van der Waals surface area contributed by atoms with E-state index >= 15 is 0 Å². The zero-order valence-corrected chi connectivity index (χ0v) is 9.39. The van der Waals surface area contributed by atoms with Crippen LogP contribution in [0.4, 0.5) is 0 Å². The molecule has 0 aromatic rings. The summed E-state index contributed by atoms with van der Waals surface area (Å²) in [5.41, 5.74) is 6.22. The molecule has 0 spiro atoms. The van der Waals surface area contributed by atoms with Crippen molar-refractivity contribution in [2.45, 2.75) is 51.0 Å². The van der Waals surface area contributed by atoms with Crippen LogP contribution in [0.5, 0.6) is 0 Å². The topological polar surface area (TPSA) is 38.0 Å². The van der Waals surface area contributed by atoms with Crippen LogP contribution in [0.15, 0.2) is 0 Å². The van der Waals surface area contributed by atoms with Gasteiger partial charge >= 0.3 is 0 Å². The number of nitrogens with two attached hydrogens (primary N) is 1. The molecule has 0 amide bonds. The van der Waals surface area contributed by atoms with Gasteiger partial charge in [0, 0.05) is 12.1 Å². The Balaban J connectivity index is 1.76. The molecule has 2 nitrogen and oxygen atoms in total. The summed E-state index contributed by atoms with van der Waals surface area (Å²) in [6.07, 6.45) is 8.27. The van der Waals surface area contributed by atoms with Crippen LogP contribution in [-0.2, 0) is 0 Å². The molecular formula is C12H24N2. The van der Waals surface area contributed by atoms with Crippen LogP contribution in [0.2, 0.25) is 0 Å². The Morgan fingerprint density at radius 2 is 2.00 bits per heavy atom. The molecule has 14 heavy (non-hydrogen) atoms. The molecule has 0 saturated heterocycles. The van der Waals surface area contributed by atoms with Crippen molar-refractivity contribution in [2.24, 2.45) is 17.6 Å². The van der Waals surface area contributed by atoms with Crippen LogP contribution in [0.25, 0.3) is 0 Å². The summed E-state index contributed by atoms with van der Waals surface area (Å²) in [6.45, 7) is 4.28. The third kappa shape index (κ3) is 2.29. The minimum Gasteiger partial charge on any atom is -0.329 e. The van der Waals surface area contributed by atoms with E-state index in [2.05, 4.69) is 12.2 Å². The van der Waals surface area contributed by atoms with E-state index in [1.165, 1.54) is 45.1 Å². The van der Waals surface area contributed by atoms with Crippen LogP contribution in [0, 0.1) is 11.8 Å². The normalized spacial score (nSPS) is 26.1. The van der Waals surface area contributed by atoms with Crippen molar-refractivity contribution in [3.8, 4) is 0 Å². The summed E-state index contributed by atoms with van der Waals surface area (Å²) in [4.78, 5) is 0. The second kappa shape index (κ2) is 4.19. The maximum Gasteiger partial charge on any atom is 0.0329 e. The lowest BCUT2D eigenvalue weighted by atomic mass is 9.90. The molecule has 1 atom stereocenters. The molecular weight excluding hydrogens is 172 g/mol. The average molecular weight is 196 g/mol. The van der Waals surface area contributed by atoms with Crippen molar-refractivity contribution in [1.29, 1.82) is 0 Å². The molecule has 1 unspecified atom stereocenters. The molecule has 0 aromatic heterocycles. The Morgan fingerprint density at radius 3 is 2.43 bits per heavy atom. The minimum absolute atomic E-state index is 0.287. The Bertz CT molecular complexity index is 179. The molecule has 3 N–H and O–H groups in total. The zero-order valence-electron chi connectivity index (χ0n) is 9.39. The molecule has 0 radical (unpaired) electrons. The monoisotopic (exact) mass is 196 g/mol. The van der Waals surface area contributed by atoms with E-state index in [4.69, 9.17) is 5.73 Å². The summed E-state index contributed by atoms with van der Waals surface area (Å²) in [5.74, 6) is 1.91. The lowest BCUT2D eigenvalue weighted by Gasteiger charge is -2.33. The van der Waals surface area contributed by atoms with E-state index < -0.39 is 0 Å². The SMILES string of the molecule is CCC(CN)(NCCC1CC1)C1CC1. The first-order valence-electron chi connectivity index (χ1n) is 6.26. The van der Waals surface area contributed by atoms with Gasteiger partial charge in [-0.25, -0.2) is 0 Å². The van der Waals surface area contributed by atoms with Crippen LogP contribution < -0.4 is 11.1 Å². The Labute approximate surface area is 87.6 Å². The quantitative estimate of drug-likeness (QED) is 0.652. The van der Waals surface area contributed by atoms with E-state index in [1.807, 2.05) is 0 Å². The molecule has 0 bridgehead atoms. The van der Waals surface area contributed by atoms with Crippen molar-refractivity contribution in [2.75, 3.05) is 13.1 Å². The summed E-state index contributed by atoms with van der Waals surface area (Å²) >= 11 is 0. The van der Waals surface area contributed by atoms with Crippen molar-refractivity contribution >= 4 is 0 Å². The highest BCUT2D eigenvalue weighted by atomic mass is 15.0. The van der Waals surface area contributed by atoms with E-state index in [0.29, 0.717) is 0 Å². The van der Waals surface area contributed by atoms with Crippen molar-refractivity contribution in [3.05, 3.63) is 0 Å². The molecule has 2 heteroatoms. The summed E-state index contributed by atoms with van der Waals surface area (Å²) < 4.78 is 0. The number of rotatable bonds is 7. The average Bonchev–Trinajstić information content (AvgIpc) is 3.04. The highest BCUT2D eigenvalue weighted by Crippen LogP contribution is 2.41. The molecule has 2 aliphatic rings. The third-order valence-corrected chi connectivity index (χ3v) is 4.08. The summed E-state index contributed by atoms with van der Waals surface area (Å²) in [7, 11) is 0. The van der Waals surface area contributed by atoms with E-state index in [9.17, 15) is 0 Å². The van der Waals surface area contributed by atoms with Crippen molar-refractivity contribution in [3.63, 3.8) is 0 Å². The molecule has 0 heterocycles. The Morgan fingerprint density at radius 1 is 1.29 bits per heavy atom. The Kier molecular flexibility index (Phi) is 3.13. The van der Waals surface area contributed by atoms with Crippen LogP contribution >= 0.6 is 0 Å². The van der Waals surface area contributed by atoms with Crippen molar-refractivity contribution in [1.82, 2.24) is 5.32 Å². The van der Waals surface area contributed by atoms with Gasteiger partial charge in [-0.15, -0.1) is 0 Å². The number of hydrogen-bond donors (Lipinski definition) is 2. The fraction of sp³-hybridized carbons (Fsp3) is 1.00. The molecule has 0 aliphatic heterocycles. The Hall–Kier alpha value is -0.0800. The second-order valence-corrected chi connectivity index (χ2v) is 5.15. The third-order valence-electron chi connectivity index (χ3n) is 4.08. The fourth-order valence-corrected chi connectivity index (χ4v) is 2.51. The van der Waals surface area contributed by atoms with Crippen molar-refractivity contribution < 1.29 is 0 Å². The van der Waals surface area contributed by atoms with E-state index in [0.717, 1.165) is 18.4 Å². The van der Waals surface area contributed by atoms with Gasteiger partial charge in [0.05, 0.1) is 0 Å². The predicted octanol–water partition coefficient (Wildman–Crippen LogP) is 1.89. The maximum atomic E-state index is 5.93. The first kappa shape index (κ1) is 10.4. The minimum atomic E-state index is 0.287. The number of hydrogen-bond acceptors (Lipinski definition) is 2. The zero-order chi connectivity index (χ0) is 10.0. The van der Waals surface area contributed by atoms with Gasteiger partial charge in [-0.3, -0.25) is 0 Å².